The van der Waals surface area contributed by atoms with Crippen LogP contribution in [0.3, 0.4) is 0 Å². The minimum Gasteiger partial charge on any atom is -0.394 e. The van der Waals surface area contributed by atoms with Gasteiger partial charge in [-0.1, -0.05) is 5.16 Å². The van der Waals surface area contributed by atoms with Gasteiger partial charge in [0, 0.05) is 16.2 Å². The lowest BCUT2D eigenvalue weighted by molar-refractivity contribution is -0.114. The number of benzene rings is 2. The summed E-state index contributed by atoms with van der Waals surface area (Å²) in [7, 11) is 1.21. The Kier molecular flexibility index (Phi) is 9.48. The SMILES string of the molecule is CN(OCCO)C(=O)c1cc(/C=N/OCCO)c(F)c(F)c1Nc1ccc(I)cc1F. The average molecular weight is 553 g/mol. The Bertz CT molecular complexity index is 962. The molecule has 3 N–H and O–H groups in total. The number of hydrogen-bond donors (Lipinski definition) is 3. The highest BCUT2D eigenvalue weighted by Gasteiger charge is 2.25. The van der Waals surface area contributed by atoms with Crippen molar-refractivity contribution in [3.63, 3.8) is 0 Å². The second-order valence-corrected chi connectivity index (χ2v) is 7.16. The van der Waals surface area contributed by atoms with Crippen molar-refractivity contribution < 1.29 is 37.9 Å². The number of anilines is 2. The number of nitrogens with one attached hydrogen (secondary N) is 1. The third-order valence-corrected chi connectivity index (χ3v) is 4.44. The summed E-state index contributed by atoms with van der Waals surface area (Å²) in [6.07, 6.45) is 0.828. The van der Waals surface area contributed by atoms with Gasteiger partial charge in [-0.3, -0.25) is 9.63 Å². The van der Waals surface area contributed by atoms with Gasteiger partial charge in [0.25, 0.3) is 5.91 Å². The topological polar surface area (TPSA) is 104 Å². The molecular formula is C19H19F3IN3O5. The molecule has 0 unspecified atom stereocenters. The number of carbonyl (C=O) groups is 1. The fraction of sp³-hybridized carbons (Fsp3) is 0.263. The highest BCUT2D eigenvalue weighted by Crippen LogP contribution is 2.31. The van der Waals surface area contributed by atoms with Crippen molar-refractivity contribution >= 4 is 46.1 Å². The number of hydrogen-bond acceptors (Lipinski definition) is 7. The van der Waals surface area contributed by atoms with Crippen LogP contribution in [0, 0.1) is 21.0 Å². The van der Waals surface area contributed by atoms with E-state index in [1.165, 1.54) is 25.2 Å². The molecule has 0 atom stereocenters. The molecule has 2 aromatic rings. The van der Waals surface area contributed by atoms with Gasteiger partial charge in [-0.25, -0.2) is 18.2 Å². The van der Waals surface area contributed by atoms with Crippen molar-refractivity contribution in [1.29, 1.82) is 0 Å². The highest BCUT2D eigenvalue weighted by molar-refractivity contribution is 14.1. The highest BCUT2D eigenvalue weighted by atomic mass is 127. The second kappa shape index (κ2) is 11.8. The summed E-state index contributed by atoms with van der Waals surface area (Å²) < 4.78 is 44.3. The number of amides is 1. The molecule has 0 saturated heterocycles. The Balaban J connectivity index is 2.53. The van der Waals surface area contributed by atoms with E-state index in [1.54, 1.807) is 0 Å². The number of nitrogens with zero attached hydrogens (tertiary/aromatic N) is 2. The standard InChI is InChI=1S/C19H19F3IN3O5/c1-26(31-7-5-28)19(29)13-8-11(10-24-30-6-4-27)16(21)17(22)18(13)25-15-3-2-12(23)9-14(15)20/h2-3,8-10,25,27-28H,4-7H2,1H3/b24-10+. The fourth-order valence-corrected chi connectivity index (χ4v) is 2.80. The zero-order valence-electron chi connectivity index (χ0n) is 16.2. The van der Waals surface area contributed by atoms with Gasteiger partial charge in [0.05, 0.1) is 43.0 Å². The molecule has 0 saturated carbocycles. The third kappa shape index (κ3) is 6.53. The average Bonchev–Trinajstić information content (AvgIpc) is 2.75. The van der Waals surface area contributed by atoms with Gasteiger partial charge >= 0.3 is 0 Å². The van der Waals surface area contributed by atoms with Crippen molar-refractivity contribution in [2.75, 3.05) is 38.8 Å². The largest absolute Gasteiger partial charge is 0.394 e. The maximum atomic E-state index is 14.9. The molecule has 0 aliphatic carbocycles. The van der Waals surface area contributed by atoms with Gasteiger partial charge in [0.2, 0.25) is 0 Å². The molecule has 0 aromatic heterocycles. The van der Waals surface area contributed by atoms with Crippen molar-refractivity contribution in [3.8, 4) is 0 Å². The first kappa shape index (κ1) is 24.8. The molecule has 0 heterocycles. The first-order valence-electron chi connectivity index (χ1n) is 8.82. The molecule has 0 bridgehead atoms. The zero-order valence-corrected chi connectivity index (χ0v) is 18.4. The van der Waals surface area contributed by atoms with Crippen LogP contribution in [-0.2, 0) is 9.68 Å². The molecule has 1 amide bonds. The lowest BCUT2D eigenvalue weighted by Gasteiger charge is -2.20. The van der Waals surface area contributed by atoms with E-state index in [4.69, 9.17) is 15.1 Å². The van der Waals surface area contributed by atoms with Crippen molar-refractivity contribution in [1.82, 2.24) is 5.06 Å². The first-order chi connectivity index (χ1) is 14.8. The molecule has 0 radical (unpaired) electrons. The van der Waals surface area contributed by atoms with Crippen LogP contribution < -0.4 is 5.32 Å². The Hall–Kier alpha value is -2.42. The molecule has 0 aliphatic rings. The lowest BCUT2D eigenvalue weighted by Crippen LogP contribution is -2.29. The van der Waals surface area contributed by atoms with Crippen LogP contribution >= 0.6 is 22.6 Å². The molecule has 2 aromatic carbocycles. The number of oxime groups is 1. The van der Waals surface area contributed by atoms with E-state index in [9.17, 15) is 18.0 Å². The van der Waals surface area contributed by atoms with E-state index in [2.05, 4.69) is 15.3 Å². The van der Waals surface area contributed by atoms with E-state index in [0.717, 1.165) is 17.3 Å². The van der Waals surface area contributed by atoms with Crippen molar-refractivity contribution in [2.45, 2.75) is 0 Å². The molecule has 0 aliphatic heterocycles. The smallest absolute Gasteiger partial charge is 0.279 e. The van der Waals surface area contributed by atoms with Crippen LogP contribution in [0.5, 0.6) is 0 Å². The van der Waals surface area contributed by atoms with E-state index < -0.39 is 34.6 Å². The normalized spacial score (nSPS) is 11.1. The lowest BCUT2D eigenvalue weighted by atomic mass is 10.1. The van der Waals surface area contributed by atoms with Crippen LogP contribution in [0.1, 0.15) is 15.9 Å². The summed E-state index contributed by atoms with van der Waals surface area (Å²) in [5, 5.41) is 24.1. The van der Waals surface area contributed by atoms with Crippen LogP contribution in [-0.4, -0.2) is 60.9 Å². The zero-order chi connectivity index (χ0) is 23.0. The van der Waals surface area contributed by atoms with Gasteiger partial charge in [-0.2, -0.15) is 0 Å². The molecular weight excluding hydrogens is 534 g/mol. The molecule has 8 nitrogen and oxygen atoms in total. The molecule has 0 spiro atoms. The van der Waals surface area contributed by atoms with Crippen LogP contribution in [0.25, 0.3) is 0 Å². The fourth-order valence-electron chi connectivity index (χ4n) is 2.35. The number of halogens is 4. The molecule has 0 fully saturated rings. The van der Waals surface area contributed by atoms with Crippen molar-refractivity contribution in [3.05, 3.63) is 56.4 Å². The first-order valence-corrected chi connectivity index (χ1v) is 9.90. The predicted molar refractivity (Wildman–Crippen MR) is 115 cm³/mol. The Morgan fingerprint density at radius 3 is 2.55 bits per heavy atom. The van der Waals surface area contributed by atoms with E-state index in [0.29, 0.717) is 3.57 Å². The summed E-state index contributed by atoms with van der Waals surface area (Å²) in [6.45, 7) is -1.11. The monoisotopic (exact) mass is 553 g/mol. The maximum absolute atomic E-state index is 14.9. The number of aliphatic hydroxyl groups excluding tert-OH is 2. The summed E-state index contributed by atoms with van der Waals surface area (Å²) in [6, 6.07) is 5.01. The van der Waals surface area contributed by atoms with Gasteiger partial charge in [-0.15, -0.1) is 0 Å². The molecule has 12 heteroatoms. The van der Waals surface area contributed by atoms with Gasteiger partial charge < -0.3 is 20.4 Å². The van der Waals surface area contributed by atoms with Crippen molar-refractivity contribution in [2.24, 2.45) is 5.16 Å². The number of hydroxylamine groups is 2. The van der Waals surface area contributed by atoms with E-state index in [-0.39, 0.29) is 37.7 Å². The van der Waals surface area contributed by atoms with Gasteiger partial charge in [0.1, 0.15) is 12.4 Å². The minimum absolute atomic E-state index is 0.171. The summed E-state index contributed by atoms with van der Waals surface area (Å²) >= 11 is 1.89. The quantitative estimate of drug-likeness (QED) is 0.181. The molecule has 2 rings (SSSR count). The molecule has 168 valence electrons. The maximum Gasteiger partial charge on any atom is 0.279 e. The number of aliphatic hydroxyl groups is 2. The molecule has 31 heavy (non-hydrogen) atoms. The van der Waals surface area contributed by atoms with Gasteiger partial charge in [-0.05, 0) is 46.9 Å². The Morgan fingerprint density at radius 1 is 1.19 bits per heavy atom. The van der Waals surface area contributed by atoms with Crippen LogP contribution in [0.4, 0.5) is 24.5 Å². The number of carbonyl (C=O) groups excluding carboxylic acids is 1. The van der Waals surface area contributed by atoms with Crippen LogP contribution in [0.2, 0.25) is 0 Å². The second-order valence-electron chi connectivity index (χ2n) is 5.92. The minimum atomic E-state index is -1.46. The van der Waals surface area contributed by atoms with Crippen LogP contribution in [0.15, 0.2) is 29.4 Å². The number of rotatable bonds is 10. The Morgan fingerprint density at radius 2 is 1.90 bits per heavy atom. The van der Waals surface area contributed by atoms with E-state index >= 15 is 0 Å². The predicted octanol–water partition coefficient (Wildman–Crippen LogP) is 2.79. The Labute approximate surface area is 189 Å². The third-order valence-electron chi connectivity index (χ3n) is 3.77. The van der Waals surface area contributed by atoms with E-state index in [1.807, 2.05) is 22.6 Å². The summed E-state index contributed by atoms with van der Waals surface area (Å²) in [5.74, 6) is -4.45. The summed E-state index contributed by atoms with van der Waals surface area (Å²) in [4.78, 5) is 22.4. The summed E-state index contributed by atoms with van der Waals surface area (Å²) in [5.41, 5.74) is -1.61. The van der Waals surface area contributed by atoms with Gasteiger partial charge in [0.15, 0.2) is 11.6 Å².